The van der Waals surface area contributed by atoms with E-state index in [9.17, 15) is 0 Å². The second-order valence-corrected chi connectivity index (χ2v) is 4.79. The average Bonchev–Trinajstić information content (AvgIpc) is 2.04. The fourth-order valence-corrected chi connectivity index (χ4v) is 2.37. The van der Waals surface area contributed by atoms with Crippen LogP contribution >= 0.6 is 0 Å². The first-order valence-electron chi connectivity index (χ1n) is 5.10. The number of likely N-dealkylation sites (tertiary alicyclic amines) is 1. The summed E-state index contributed by atoms with van der Waals surface area (Å²) in [6.07, 6.45) is 3.93. The van der Waals surface area contributed by atoms with Crippen molar-refractivity contribution in [2.75, 3.05) is 20.2 Å². The smallest absolute Gasteiger partial charge is 0.0745 e. The third kappa shape index (κ3) is 2.66. The van der Waals surface area contributed by atoms with Crippen molar-refractivity contribution in [3.63, 3.8) is 0 Å². The maximum atomic E-state index is 5.15. The average molecular weight is 186 g/mol. The molecular formula is C10H22N2O. The Morgan fingerprint density at radius 2 is 2.15 bits per heavy atom. The minimum atomic E-state index is 0.171. The quantitative estimate of drug-likeness (QED) is 0.677. The van der Waals surface area contributed by atoms with Crippen LogP contribution in [0, 0.1) is 5.41 Å². The lowest BCUT2D eigenvalue weighted by Gasteiger charge is -2.42. The van der Waals surface area contributed by atoms with Gasteiger partial charge in [0.1, 0.15) is 0 Å². The van der Waals surface area contributed by atoms with Crippen LogP contribution < -0.4 is 5.90 Å². The molecule has 1 heterocycles. The summed E-state index contributed by atoms with van der Waals surface area (Å²) in [6.45, 7) is 6.30. The first kappa shape index (κ1) is 11.0. The van der Waals surface area contributed by atoms with Crippen molar-refractivity contribution in [3.8, 4) is 0 Å². The molecule has 1 fully saturated rings. The largest absolute Gasteiger partial charge is 0.304 e. The molecule has 78 valence electrons. The summed E-state index contributed by atoms with van der Waals surface area (Å²) in [5.41, 5.74) is 0.171. The van der Waals surface area contributed by atoms with Gasteiger partial charge in [0.25, 0.3) is 0 Å². The number of hydrogen-bond donors (Lipinski definition) is 1. The van der Waals surface area contributed by atoms with Gasteiger partial charge in [-0.25, -0.2) is 5.90 Å². The van der Waals surface area contributed by atoms with Gasteiger partial charge in [0.05, 0.1) is 6.61 Å². The number of rotatable bonds is 3. The van der Waals surface area contributed by atoms with Crippen LogP contribution in [0.1, 0.15) is 33.1 Å². The summed E-state index contributed by atoms with van der Waals surface area (Å²) in [4.78, 5) is 7.21. The predicted octanol–water partition coefficient (Wildman–Crippen LogP) is 1.39. The van der Waals surface area contributed by atoms with Gasteiger partial charge in [-0.3, -0.25) is 0 Å². The number of nitrogens with two attached hydrogens (primary N) is 1. The molecule has 0 saturated carbocycles. The molecule has 0 spiro atoms. The highest BCUT2D eigenvalue weighted by Gasteiger charge is 2.33. The molecular weight excluding hydrogens is 164 g/mol. The topological polar surface area (TPSA) is 38.5 Å². The summed E-state index contributed by atoms with van der Waals surface area (Å²) in [5, 5.41) is 0. The fourth-order valence-electron chi connectivity index (χ4n) is 2.37. The number of hydrogen-bond acceptors (Lipinski definition) is 3. The Morgan fingerprint density at radius 3 is 2.69 bits per heavy atom. The van der Waals surface area contributed by atoms with Gasteiger partial charge < -0.3 is 9.74 Å². The Labute approximate surface area is 81.2 Å². The third-order valence-electron chi connectivity index (χ3n) is 3.13. The van der Waals surface area contributed by atoms with Gasteiger partial charge in [-0.1, -0.05) is 20.3 Å². The number of piperidine rings is 1. The monoisotopic (exact) mass is 186 g/mol. The van der Waals surface area contributed by atoms with E-state index >= 15 is 0 Å². The van der Waals surface area contributed by atoms with Crippen molar-refractivity contribution in [1.29, 1.82) is 0 Å². The molecule has 1 aliphatic heterocycles. The van der Waals surface area contributed by atoms with Crippen molar-refractivity contribution >= 4 is 0 Å². The van der Waals surface area contributed by atoms with Crippen LogP contribution in [0.2, 0.25) is 0 Å². The molecule has 1 aliphatic rings. The molecule has 0 aromatic rings. The molecule has 3 heteroatoms. The highest BCUT2D eigenvalue weighted by molar-refractivity contribution is 4.87. The lowest BCUT2D eigenvalue weighted by molar-refractivity contribution is -0.00654. The third-order valence-corrected chi connectivity index (χ3v) is 3.13. The molecule has 13 heavy (non-hydrogen) atoms. The van der Waals surface area contributed by atoms with Crippen LogP contribution in [-0.4, -0.2) is 31.1 Å². The molecule has 2 N–H and O–H groups in total. The minimum absolute atomic E-state index is 0.171. The van der Waals surface area contributed by atoms with E-state index in [1.807, 2.05) is 0 Å². The molecule has 0 radical (unpaired) electrons. The van der Waals surface area contributed by atoms with Gasteiger partial charge in [0.2, 0.25) is 0 Å². The van der Waals surface area contributed by atoms with Gasteiger partial charge in [-0.2, -0.15) is 0 Å². The zero-order chi connectivity index (χ0) is 9.90. The Kier molecular flexibility index (Phi) is 3.71. The van der Waals surface area contributed by atoms with Crippen LogP contribution in [0.5, 0.6) is 0 Å². The maximum absolute atomic E-state index is 5.15. The first-order chi connectivity index (χ1) is 6.08. The summed E-state index contributed by atoms with van der Waals surface area (Å²) in [5.74, 6) is 5.15. The molecule has 1 atom stereocenters. The van der Waals surface area contributed by atoms with Crippen LogP contribution in [0.3, 0.4) is 0 Å². The van der Waals surface area contributed by atoms with Gasteiger partial charge >= 0.3 is 0 Å². The number of nitrogens with zero attached hydrogens (tertiary/aromatic N) is 1. The Morgan fingerprint density at radius 1 is 1.46 bits per heavy atom. The van der Waals surface area contributed by atoms with Gasteiger partial charge in [-0.15, -0.1) is 0 Å². The SMILES string of the molecule is CN1CCCCC1C(C)(C)CON. The van der Waals surface area contributed by atoms with Crippen LogP contribution in [-0.2, 0) is 4.84 Å². The van der Waals surface area contributed by atoms with Crippen molar-refractivity contribution in [3.05, 3.63) is 0 Å². The molecule has 1 unspecified atom stereocenters. The van der Waals surface area contributed by atoms with E-state index in [1.54, 1.807) is 0 Å². The van der Waals surface area contributed by atoms with Crippen molar-refractivity contribution < 1.29 is 4.84 Å². The fraction of sp³-hybridized carbons (Fsp3) is 1.00. The van der Waals surface area contributed by atoms with E-state index in [1.165, 1.54) is 25.8 Å². The standard InChI is InChI=1S/C10H22N2O/c1-10(2,8-13-11)9-6-4-5-7-12(9)3/h9H,4-8,11H2,1-3H3. The van der Waals surface area contributed by atoms with Crippen LogP contribution in [0.25, 0.3) is 0 Å². The van der Waals surface area contributed by atoms with Gasteiger partial charge in [-0.05, 0) is 26.4 Å². The van der Waals surface area contributed by atoms with E-state index in [2.05, 4.69) is 25.8 Å². The zero-order valence-electron chi connectivity index (χ0n) is 9.05. The molecule has 1 saturated heterocycles. The van der Waals surface area contributed by atoms with E-state index in [0.717, 1.165) is 0 Å². The molecule has 0 aliphatic carbocycles. The van der Waals surface area contributed by atoms with Crippen molar-refractivity contribution in [2.24, 2.45) is 11.3 Å². The van der Waals surface area contributed by atoms with E-state index in [0.29, 0.717) is 12.6 Å². The van der Waals surface area contributed by atoms with E-state index < -0.39 is 0 Å². The predicted molar refractivity (Wildman–Crippen MR) is 54.2 cm³/mol. The van der Waals surface area contributed by atoms with Crippen LogP contribution in [0.15, 0.2) is 0 Å². The minimum Gasteiger partial charge on any atom is -0.304 e. The van der Waals surface area contributed by atoms with Crippen molar-refractivity contribution in [2.45, 2.75) is 39.2 Å². The Hall–Kier alpha value is -0.120. The molecule has 1 rings (SSSR count). The highest BCUT2D eigenvalue weighted by Crippen LogP contribution is 2.31. The molecule has 0 aromatic carbocycles. The zero-order valence-corrected chi connectivity index (χ0v) is 9.05. The normalized spacial score (nSPS) is 26.3. The van der Waals surface area contributed by atoms with Crippen molar-refractivity contribution in [1.82, 2.24) is 4.90 Å². The Balaban J connectivity index is 2.56. The van der Waals surface area contributed by atoms with E-state index in [-0.39, 0.29) is 5.41 Å². The maximum Gasteiger partial charge on any atom is 0.0745 e. The lowest BCUT2D eigenvalue weighted by atomic mass is 9.80. The molecule has 0 aromatic heterocycles. The second-order valence-electron chi connectivity index (χ2n) is 4.79. The van der Waals surface area contributed by atoms with Gasteiger partial charge in [0, 0.05) is 11.5 Å². The van der Waals surface area contributed by atoms with Crippen LogP contribution in [0.4, 0.5) is 0 Å². The summed E-state index contributed by atoms with van der Waals surface area (Å²) < 4.78 is 0. The summed E-state index contributed by atoms with van der Waals surface area (Å²) in [6, 6.07) is 0.616. The second kappa shape index (κ2) is 4.40. The molecule has 0 bridgehead atoms. The lowest BCUT2D eigenvalue weighted by Crippen LogP contribution is -2.48. The molecule has 3 nitrogen and oxygen atoms in total. The summed E-state index contributed by atoms with van der Waals surface area (Å²) >= 11 is 0. The Bertz CT molecular complexity index is 159. The summed E-state index contributed by atoms with van der Waals surface area (Å²) in [7, 11) is 2.20. The first-order valence-corrected chi connectivity index (χ1v) is 5.10. The highest BCUT2D eigenvalue weighted by atomic mass is 16.6. The van der Waals surface area contributed by atoms with Gasteiger partial charge in [0.15, 0.2) is 0 Å². The molecule has 0 amide bonds. The van der Waals surface area contributed by atoms with E-state index in [4.69, 9.17) is 10.7 Å².